The van der Waals surface area contributed by atoms with E-state index >= 15 is 0 Å². The summed E-state index contributed by atoms with van der Waals surface area (Å²) in [6.07, 6.45) is 0.256. The van der Waals surface area contributed by atoms with Crippen molar-refractivity contribution in [2.45, 2.75) is 19.4 Å². The van der Waals surface area contributed by atoms with Crippen LogP contribution in [0.2, 0.25) is 0 Å². The molecule has 0 fully saturated rings. The van der Waals surface area contributed by atoms with E-state index in [1.807, 2.05) is 54.6 Å². The average Bonchev–Trinajstić information content (AvgIpc) is 3.42. The number of rotatable bonds is 10. The van der Waals surface area contributed by atoms with E-state index in [0.29, 0.717) is 21.4 Å². The van der Waals surface area contributed by atoms with Crippen LogP contribution >= 0.6 is 11.3 Å². The third-order valence-electron chi connectivity index (χ3n) is 5.55. The number of anilines is 2. The number of benzene rings is 3. The van der Waals surface area contributed by atoms with Gasteiger partial charge in [-0.1, -0.05) is 41.7 Å². The first-order chi connectivity index (χ1) is 18.9. The number of nitrogens with one attached hydrogen (secondary N) is 3. The van der Waals surface area contributed by atoms with Crippen LogP contribution in [0, 0.1) is 0 Å². The monoisotopic (exact) mass is 545 g/mol. The minimum atomic E-state index is -0.903. The molecule has 0 bridgehead atoms. The Kier molecular flexibility index (Phi) is 9.20. The second kappa shape index (κ2) is 13.2. The van der Waals surface area contributed by atoms with Crippen molar-refractivity contribution in [3.63, 3.8) is 0 Å². The predicted octanol–water partition coefficient (Wildman–Crippen LogP) is 4.76. The maximum absolute atomic E-state index is 13.2. The van der Waals surface area contributed by atoms with Crippen molar-refractivity contribution in [1.82, 2.24) is 15.5 Å². The quantitative estimate of drug-likeness (QED) is 0.245. The Balaban J connectivity index is 1.43. The average molecular weight is 546 g/mol. The Morgan fingerprint density at radius 3 is 2.28 bits per heavy atom. The van der Waals surface area contributed by atoms with Gasteiger partial charge in [0.15, 0.2) is 0 Å². The predicted molar refractivity (Wildman–Crippen MR) is 149 cm³/mol. The molecular weight excluding hydrogens is 518 g/mol. The number of ether oxygens (including phenoxy) is 2. The van der Waals surface area contributed by atoms with Crippen LogP contribution in [0.15, 0.2) is 78.9 Å². The highest BCUT2D eigenvalue weighted by molar-refractivity contribution is 7.18. The number of nitrogens with zero attached hydrogens (tertiary/aromatic N) is 2. The summed E-state index contributed by atoms with van der Waals surface area (Å²) in [5, 5.41) is 17.4. The van der Waals surface area contributed by atoms with Crippen LogP contribution in [0.3, 0.4) is 0 Å². The molecule has 1 heterocycles. The van der Waals surface area contributed by atoms with E-state index in [1.165, 1.54) is 11.3 Å². The maximum Gasteiger partial charge on any atom is 0.338 e. The van der Waals surface area contributed by atoms with Crippen LogP contribution in [0.1, 0.15) is 22.8 Å². The molecule has 3 aromatic carbocycles. The first kappa shape index (κ1) is 27.3. The van der Waals surface area contributed by atoms with Crippen molar-refractivity contribution in [2.75, 3.05) is 24.4 Å². The molecule has 1 aromatic heterocycles. The van der Waals surface area contributed by atoms with Gasteiger partial charge in [0.1, 0.15) is 16.8 Å². The van der Waals surface area contributed by atoms with Crippen LogP contribution in [0.4, 0.5) is 15.6 Å². The summed E-state index contributed by atoms with van der Waals surface area (Å²) in [6.45, 7) is 2.00. The number of hydrogen-bond acceptors (Lipinski definition) is 8. The maximum atomic E-state index is 13.2. The highest BCUT2D eigenvalue weighted by atomic mass is 32.1. The lowest BCUT2D eigenvalue weighted by atomic mass is 10.1. The molecular formula is C28H27N5O5S. The molecule has 10 nitrogen and oxygen atoms in total. The molecule has 0 aliphatic carbocycles. The molecule has 0 aliphatic rings. The first-order valence-electron chi connectivity index (χ1n) is 12.1. The molecule has 11 heteroatoms. The van der Waals surface area contributed by atoms with Crippen molar-refractivity contribution >= 4 is 40.1 Å². The fourth-order valence-corrected chi connectivity index (χ4v) is 4.36. The molecule has 0 aliphatic heterocycles. The molecule has 4 aromatic rings. The topological polar surface area (TPSA) is 132 Å². The molecule has 39 heavy (non-hydrogen) atoms. The fraction of sp³-hybridized carbons (Fsp3) is 0.179. The smallest absolute Gasteiger partial charge is 0.338 e. The minimum Gasteiger partial charge on any atom is -0.497 e. The second-order valence-corrected chi connectivity index (χ2v) is 9.25. The van der Waals surface area contributed by atoms with Gasteiger partial charge < -0.3 is 20.1 Å². The summed E-state index contributed by atoms with van der Waals surface area (Å²) in [5.74, 6) is -0.163. The minimum absolute atomic E-state index is 0.256. The molecule has 0 saturated carbocycles. The number of amides is 3. The zero-order valence-electron chi connectivity index (χ0n) is 21.3. The van der Waals surface area contributed by atoms with Gasteiger partial charge in [0, 0.05) is 17.7 Å². The van der Waals surface area contributed by atoms with Gasteiger partial charge in [-0.05, 0) is 61.0 Å². The lowest BCUT2D eigenvalue weighted by Crippen LogP contribution is -2.46. The van der Waals surface area contributed by atoms with Crippen LogP contribution in [0.25, 0.3) is 10.6 Å². The standard InChI is InChI=1S/C28H27N5O5S/c1-3-38-26(35)20-9-13-21(14-10-20)29-27(36)30-23(17-18-7-5-4-6-8-18)24(34)31-28-33-32-25(39-28)19-11-15-22(37-2)16-12-19/h4-16,23H,3,17H2,1-2H3,(H2,29,30,36)(H,31,33,34)/t23-/m0/s1. The second-order valence-electron chi connectivity index (χ2n) is 8.27. The summed E-state index contributed by atoms with van der Waals surface area (Å²) in [4.78, 5) is 37.9. The van der Waals surface area contributed by atoms with Gasteiger partial charge in [-0.3, -0.25) is 10.1 Å². The van der Waals surface area contributed by atoms with E-state index < -0.39 is 23.9 Å². The Morgan fingerprint density at radius 2 is 1.62 bits per heavy atom. The zero-order chi connectivity index (χ0) is 27.6. The summed E-state index contributed by atoms with van der Waals surface area (Å²) in [5.41, 5.74) is 2.52. The van der Waals surface area contributed by atoms with Crippen molar-refractivity contribution in [1.29, 1.82) is 0 Å². The van der Waals surface area contributed by atoms with Crippen LogP contribution in [-0.4, -0.2) is 47.9 Å². The van der Waals surface area contributed by atoms with E-state index in [2.05, 4.69) is 26.1 Å². The van der Waals surface area contributed by atoms with Gasteiger partial charge in [0.25, 0.3) is 0 Å². The van der Waals surface area contributed by atoms with Crippen molar-refractivity contribution in [3.05, 3.63) is 90.0 Å². The number of carbonyl (C=O) groups excluding carboxylic acids is 3. The number of urea groups is 1. The lowest BCUT2D eigenvalue weighted by molar-refractivity contribution is -0.117. The molecule has 4 rings (SSSR count). The zero-order valence-corrected chi connectivity index (χ0v) is 22.2. The molecule has 200 valence electrons. The van der Waals surface area contributed by atoms with E-state index in [4.69, 9.17) is 9.47 Å². The van der Waals surface area contributed by atoms with Crippen molar-refractivity contribution in [3.8, 4) is 16.3 Å². The molecule has 3 N–H and O–H groups in total. The summed E-state index contributed by atoms with van der Waals surface area (Å²) >= 11 is 1.22. The summed E-state index contributed by atoms with van der Waals surface area (Å²) in [6, 6.07) is 21.5. The number of esters is 1. The van der Waals surface area contributed by atoms with E-state index in [1.54, 1.807) is 38.3 Å². The van der Waals surface area contributed by atoms with E-state index in [0.717, 1.165) is 16.9 Å². The van der Waals surface area contributed by atoms with E-state index in [9.17, 15) is 14.4 Å². The van der Waals surface area contributed by atoms with Gasteiger partial charge in [-0.2, -0.15) is 0 Å². The van der Waals surface area contributed by atoms with Gasteiger partial charge in [0.2, 0.25) is 11.0 Å². The number of carbonyl (C=O) groups is 3. The normalized spacial score (nSPS) is 11.2. The fourth-order valence-electron chi connectivity index (χ4n) is 3.61. The summed E-state index contributed by atoms with van der Waals surface area (Å²) in [7, 11) is 1.59. The molecule has 3 amide bonds. The third-order valence-corrected chi connectivity index (χ3v) is 6.44. The van der Waals surface area contributed by atoms with Crippen molar-refractivity contribution in [2.24, 2.45) is 0 Å². The largest absolute Gasteiger partial charge is 0.497 e. The number of methoxy groups -OCH3 is 1. The number of aromatic nitrogens is 2. The molecule has 0 radical (unpaired) electrons. The Labute approximate surface area is 229 Å². The highest BCUT2D eigenvalue weighted by Gasteiger charge is 2.23. The summed E-state index contributed by atoms with van der Waals surface area (Å²) < 4.78 is 10.2. The van der Waals surface area contributed by atoms with Crippen molar-refractivity contribution < 1.29 is 23.9 Å². The van der Waals surface area contributed by atoms with E-state index in [-0.39, 0.29) is 13.0 Å². The SMILES string of the molecule is CCOC(=O)c1ccc(NC(=O)N[C@@H](Cc2ccccc2)C(=O)Nc2nnc(-c3ccc(OC)cc3)s2)cc1. The Bertz CT molecular complexity index is 1410. The molecule has 0 saturated heterocycles. The van der Waals surface area contributed by atoms with Gasteiger partial charge in [-0.25, -0.2) is 9.59 Å². The van der Waals surface area contributed by atoms with Crippen LogP contribution in [0.5, 0.6) is 5.75 Å². The highest BCUT2D eigenvalue weighted by Crippen LogP contribution is 2.28. The van der Waals surface area contributed by atoms with Crippen LogP contribution < -0.4 is 20.7 Å². The molecule has 0 unspecified atom stereocenters. The van der Waals surface area contributed by atoms with Crippen LogP contribution in [-0.2, 0) is 16.0 Å². The van der Waals surface area contributed by atoms with Gasteiger partial charge in [0.05, 0.1) is 19.3 Å². The molecule has 0 spiro atoms. The molecule has 1 atom stereocenters. The van der Waals surface area contributed by atoms with Gasteiger partial charge in [-0.15, -0.1) is 10.2 Å². The first-order valence-corrected chi connectivity index (χ1v) is 12.9. The lowest BCUT2D eigenvalue weighted by Gasteiger charge is -2.18. The Hall–Kier alpha value is -4.77. The third kappa shape index (κ3) is 7.62. The van der Waals surface area contributed by atoms with Gasteiger partial charge >= 0.3 is 12.0 Å². The number of hydrogen-bond donors (Lipinski definition) is 3. The Morgan fingerprint density at radius 1 is 0.897 bits per heavy atom.